The Morgan fingerprint density at radius 2 is 2.00 bits per heavy atom. The molecule has 0 bridgehead atoms. The van der Waals surface area contributed by atoms with E-state index in [2.05, 4.69) is 15.3 Å². The maximum atomic E-state index is 11.7. The monoisotopic (exact) mass is 317 g/mol. The minimum Gasteiger partial charge on any atom is -0.480 e. The SMILES string of the molecule is O=C(NC(Cc1nccc(=O)[nH]1)C(=O)O)OCc1ccccc1. The number of carbonyl (C=O) groups is 2. The molecule has 1 heterocycles. The van der Waals surface area contributed by atoms with Crippen molar-refractivity contribution in [3.8, 4) is 0 Å². The highest BCUT2D eigenvalue weighted by Crippen LogP contribution is 2.02. The highest BCUT2D eigenvalue weighted by atomic mass is 16.5. The normalized spacial score (nSPS) is 11.5. The van der Waals surface area contributed by atoms with Crippen LogP contribution in [0.2, 0.25) is 0 Å². The van der Waals surface area contributed by atoms with Gasteiger partial charge in [-0.1, -0.05) is 30.3 Å². The molecule has 0 fully saturated rings. The summed E-state index contributed by atoms with van der Waals surface area (Å²) in [5.41, 5.74) is 0.384. The van der Waals surface area contributed by atoms with Crippen molar-refractivity contribution in [1.29, 1.82) is 0 Å². The second-order valence-electron chi connectivity index (χ2n) is 4.68. The molecule has 0 saturated carbocycles. The maximum absolute atomic E-state index is 11.7. The van der Waals surface area contributed by atoms with Gasteiger partial charge in [0.05, 0.1) is 0 Å². The molecule has 8 nitrogen and oxygen atoms in total. The van der Waals surface area contributed by atoms with Gasteiger partial charge >= 0.3 is 12.1 Å². The average Bonchev–Trinajstić information content (AvgIpc) is 2.53. The number of carboxylic acids is 1. The average molecular weight is 317 g/mol. The summed E-state index contributed by atoms with van der Waals surface area (Å²) < 4.78 is 4.96. The van der Waals surface area contributed by atoms with Gasteiger partial charge in [-0.3, -0.25) is 4.79 Å². The molecule has 23 heavy (non-hydrogen) atoms. The second kappa shape index (κ2) is 7.74. The molecule has 2 aromatic rings. The fraction of sp³-hybridized carbons (Fsp3) is 0.200. The molecule has 120 valence electrons. The number of alkyl carbamates (subject to hydrolysis) is 1. The van der Waals surface area contributed by atoms with Crippen LogP contribution in [-0.2, 0) is 22.6 Å². The second-order valence-corrected chi connectivity index (χ2v) is 4.68. The first-order valence-corrected chi connectivity index (χ1v) is 6.79. The minimum atomic E-state index is -1.26. The standard InChI is InChI=1S/C15H15N3O5/c19-13-6-7-16-12(18-13)8-11(14(20)21)17-15(22)23-9-10-4-2-1-3-5-10/h1-7,11H,8-9H2,(H,17,22)(H,20,21)(H,16,18,19). The molecular weight excluding hydrogens is 302 g/mol. The van der Waals surface area contributed by atoms with Gasteiger partial charge < -0.3 is 20.1 Å². The number of aliphatic carboxylic acids is 1. The highest BCUT2D eigenvalue weighted by Gasteiger charge is 2.22. The Hall–Kier alpha value is -3.16. The van der Waals surface area contributed by atoms with E-state index >= 15 is 0 Å². The van der Waals surface area contributed by atoms with Gasteiger partial charge in [-0.15, -0.1) is 0 Å². The van der Waals surface area contributed by atoms with Crippen molar-refractivity contribution in [2.75, 3.05) is 0 Å². The van der Waals surface area contributed by atoms with Crippen LogP contribution in [0.1, 0.15) is 11.4 Å². The van der Waals surface area contributed by atoms with Crippen LogP contribution >= 0.6 is 0 Å². The maximum Gasteiger partial charge on any atom is 0.408 e. The summed E-state index contributed by atoms with van der Waals surface area (Å²) >= 11 is 0. The predicted octanol–water partition coefficient (Wildman–Crippen LogP) is 0.692. The number of aromatic amines is 1. The molecular formula is C15H15N3O5. The fourth-order valence-corrected chi connectivity index (χ4v) is 1.82. The lowest BCUT2D eigenvalue weighted by Crippen LogP contribution is -2.43. The summed E-state index contributed by atoms with van der Waals surface area (Å²) in [7, 11) is 0. The van der Waals surface area contributed by atoms with Gasteiger partial charge in [-0.2, -0.15) is 0 Å². The quantitative estimate of drug-likeness (QED) is 0.721. The third kappa shape index (κ3) is 5.27. The van der Waals surface area contributed by atoms with Crippen LogP contribution in [0.4, 0.5) is 4.79 Å². The largest absolute Gasteiger partial charge is 0.480 e. The first-order chi connectivity index (χ1) is 11.0. The number of carbonyl (C=O) groups excluding carboxylic acids is 1. The molecule has 0 aliphatic rings. The van der Waals surface area contributed by atoms with Crippen LogP contribution in [0.3, 0.4) is 0 Å². The van der Waals surface area contributed by atoms with Gasteiger partial charge in [0.15, 0.2) is 0 Å². The third-order valence-corrected chi connectivity index (χ3v) is 2.92. The van der Waals surface area contributed by atoms with Crippen LogP contribution in [-0.4, -0.2) is 33.2 Å². The summed E-state index contributed by atoms with van der Waals surface area (Å²) in [6.45, 7) is 0.0272. The van der Waals surface area contributed by atoms with E-state index in [-0.39, 0.29) is 18.9 Å². The van der Waals surface area contributed by atoms with Crippen molar-refractivity contribution >= 4 is 12.1 Å². The molecule has 1 aromatic carbocycles. The molecule has 1 aromatic heterocycles. The molecule has 0 saturated heterocycles. The highest BCUT2D eigenvalue weighted by molar-refractivity contribution is 5.80. The number of amides is 1. The van der Waals surface area contributed by atoms with Crippen LogP contribution < -0.4 is 10.9 Å². The summed E-state index contributed by atoms with van der Waals surface area (Å²) in [6.07, 6.45) is 0.242. The molecule has 0 spiro atoms. The van der Waals surface area contributed by atoms with E-state index in [1.165, 1.54) is 12.3 Å². The van der Waals surface area contributed by atoms with Gasteiger partial charge in [0.2, 0.25) is 0 Å². The number of ether oxygens (including phenoxy) is 1. The zero-order valence-corrected chi connectivity index (χ0v) is 12.1. The first-order valence-electron chi connectivity index (χ1n) is 6.79. The molecule has 2 rings (SSSR count). The number of hydrogen-bond acceptors (Lipinski definition) is 5. The Kier molecular flexibility index (Phi) is 5.45. The van der Waals surface area contributed by atoms with E-state index in [0.717, 1.165) is 5.56 Å². The molecule has 3 N–H and O–H groups in total. The molecule has 0 aliphatic heterocycles. The molecule has 1 unspecified atom stereocenters. The van der Waals surface area contributed by atoms with Crippen LogP contribution in [0.25, 0.3) is 0 Å². The molecule has 0 aliphatic carbocycles. The van der Waals surface area contributed by atoms with Crippen molar-refractivity contribution in [3.05, 3.63) is 64.3 Å². The van der Waals surface area contributed by atoms with Gasteiger partial charge in [0.25, 0.3) is 5.56 Å². The van der Waals surface area contributed by atoms with Crippen molar-refractivity contribution in [1.82, 2.24) is 15.3 Å². The van der Waals surface area contributed by atoms with E-state index in [1.807, 2.05) is 6.07 Å². The summed E-state index contributed by atoms with van der Waals surface area (Å²) in [6, 6.07) is 8.94. The fourth-order valence-electron chi connectivity index (χ4n) is 1.82. The summed E-state index contributed by atoms with van der Waals surface area (Å²) in [4.78, 5) is 40.3. The van der Waals surface area contributed by atoms with Crippen molar-refractivity contribution < 1.29 is 19.4 Å². The first kappa shape index (κ1) is 16.2. The lowest BCUT2D eigenvalue weighted by Gasteiger charge is -2.14. The Morgan fingerprint density at radius 1 is 1.26 bits per heavy atom. The van der Waals surface area contributed by atoms with Crippen molar-refractivity contribution in [2.24, 2.45) is 0 Å². The molecule has 8 heteroatoms. The molecule has 1 amide bonds. The van der Waals surface area contributed by atoms with Crippen LogP contribution in [0, 0.1) is 0 Å². The number of nitrogens with zero attached hydrogens (tertiary/aromatic N) is 1. The Bertz CT molecular complexity index is 729. The van der Waals surface area contributed by atoms with Crippen molar-refractivity contribution in [2.45, 2.75) is 19.1 Å². The Labute approximate surface area is 131 Å². The Morgan fingerprint density at radius 3 is 2.65 bits per heavy atom. The van der Waals surface area contributed by atoms with Gasteiger partial charge in [0, 0.05) is 18.7 Å². The lowest BCUT2D eigenvalue weighted by molar-refractivity contribution is -0.139. The summed E-state index contributed by atoms with van der Waals surface area (Å²) in [5.74, 6) is -1.10. The Balaban J connectivity index is 1.92. The molecule has 0 radical (unpaired) electrons. The number of hydrogen-bond donors (Lipinski definition) is 3. The number of rotatable bonds is 6. The topological polar surface area (TPSA) is 121 Å². The minimum absolute atomic E-state index is 0.0272. The lowest BCUT2D eigenvalue weighted by atomic mass is 10.2. The molecule has 1 atom stereocenters. The zero-order valence-electron chi connectivity index (χ0n) is 12.1. The third-order valence-electron chi connectivity index (χ3n) is 2.92. The van der Waals surface area contributed by atoms with Gasteiger partial charge in [-0.25, -0.2) is 14.6 Å². The van der Waals surface area contributed by atoms with E-state index < -0.39 is 23.7 Å². The summed E-state index contributed by atoms with van der Waals surface area (Å²) in [5, 5.41) is 11.4. The van der Waals surface area contributed by atoms with Crippen LogP contribution in [0.15, 0.2) is 47.4 Å². The van der Waals surface area contributed by atoms with Crippen LogP contribution in [0.5, 0.6) is 0 Å². The number of carboxylic acid groups (broad SMARTS) is 1. The van der Waals surface area contributed by atoms with Crippen molar-refractivity contribution in [3.63, 3.8) is 0 Å². The zero-order chi connectivity index (χ0) is 16.7. The van der Waals surface area contributed by atoms with E-state index in [4.69, 9.17) is 9.84 Å². The smallest absolute Gasteiger partial charge is 0.408 e. The van der Waals surface area contributed by atoms with Gasteiger partial charge in [-0.05, 0) is 5.56 Å². The van der Waals surface area contributed by atoms with E-state index in [1.54, 1.807) is 24.3 Å². The van der Waals surface area contributed by atoms with E-state index in [9.17, 15) is 14.4 Å². The number of nitrogens with one attached hydrogen (secondary N) is 2. The van der Waals surface area contributed by atoms with Gasteiger partial charge in [0.1, 0.15) is 18.5 Å². The number of H-pyrrole nitrogens is 1. The number of benzene rings is 1. The number of aromatic nitrogens is 2. The predicted molar refractivity (Wildman–Crippen MR) is 79.7 cm³/mol. The van der Waals surface area contributed by atoms with E-state index in [0.29, 0.717) is 0 Å².